The van der Waals surface area contributed by atoms with Gasteiger partial charge in [-0.15, -0.1) is 0 Å². The number of fused-ring (bicyclic) bond motifs is 1. The van der Waals surface area contributed by atoms with Gasteiger partial charge in [0.05, 0.1) is 35.3 Å². The van der Waals surface area contributed by atoms with E-state index in [0.717, 1.165) is 18.4 Å². The first-order chi connectivity index (χ1) is 21.2. The van der Waals surface area contributed by atoms with E-state index in [-0.39, 0.29) is 59.5 Å². The maximum Gasteiger partial charge on any atom is 0.317 e. The zero-order valence-corrected chi connectivity index (χ0v) is 28.4. The van der Waals surface area contributed by atoms with Gasteiger partial charge in [0.15, 0.2) is 0 Å². The Morgan fingerprint density at radius 3 is 2.44 bits per heavy atom. The summed E-state index contributed by atoms with van der Waals surface area (Å²) in [7, 11) is -2.21. The van der Waals surface area contributed by atoms with Crippen LogP contribution in [0.4, 0.5) is 10.5 Å². The number of urea groups is 1. The second-order valence-electron chi connectivity index (χ2n) is 12.4. The average molecular weight is 647 g/mol. The van der Waals surface area contributed by atoms with E-state index in [2.05, 4.69) is 10.0 Å². The second kappa shape index (κ2) is 16.3. The van der Waals surface area contributed by atoms with E-state index < -0.39 is 22.0 Å². The second-order valence-corrected chi connectivity index (χ2v) is 14.1. The number of benzene rings is 2. The van der Waals surface area contributed by atoms with Crippen molar-refractivity contribution in [3.05, 3.63) is 53.6 Å². The Kier molecular flexibility index (Phi) is 13.1. The first kappa shape index (κ1) is 36.1. The van der Waals surface area contributed by atoms with Crippen LogP contribution < -0.4 is 14.8 Å². The Morgan fingerprint density at radius 1 is 1.11 bits per heavy atom. The Morgan fingerprint density at radius 2 is 1.80 bits per heavy atom. The lowest BCUT2D eigenvalue weighted by Gasteiger charge is -2.36. The average Bonchev–Trinajstić information content (AvgIpc) is 2.98. The van der Waals surface area contributed by atoms with Crippen molar-refractivity contribution in [2.24, 2.45) is 5.92 Å². The number of nitrogens with zero attached hydrogens (tertiary/aromatic N) is 2. The number of carbonyl (C=O) groups excluding carboxylic acids is 2. The SMILES string of the molecule is Cc1ccc(S(=O)(=O)Nc2ccc3c(c2)C(=O)N([C@@H](C)CO)C[C@@H](C)[C@@H](CN(C)C(=O)NC(C)C)OCCCC[C@H](C)O3)cc1. The molecule has 0 radical (unpaired) electrons. The number of rotatable bonds is 8. The number of aliphatic hydroxyl groups excluding tert-OH is 1. The predicted octanol–water partition coefficient (Wildman–Crippen LogP) is 4.64. The van der Waals surface area contributed by atoms with Gasteiger partial charge in [0, 0.05) is 44.4 Å². The summed E-state index contributed by atoms with van der Waals surface area (Å²) < 4.78 is 41.5. The van der Waals surface area contributed by atoms with Crippen molar-refractivity contribution >= 4 is 27.6 Å². The van der Waals surface area contributed by atoms with Crippen molar-refractivity contribution in [2.45, 2.75) is 90.0 Å². The predicted molar refractivity (Wildman–Crippen MR) is 175 cm³/mol. The molecule has 0 aromatic heterocycles. The van der Waals surface area contributed by atoms with Gasteiger partial charge in [-0.3, -0.25) is 9.52 Å². The topological polar surface area (TPSA) is 138 Å². The third kappa shape index (κ3) is 10.3. The van der Waals surface area contributed by atoms with Crippen molar-refractivity contribution in [1.82, 2.24) is 15.1 Å². The van der Waals surface area contributed by atoms with Crippen molar-refractivity contribution in [3.63, 3.8) is 0 Å². The standard InChI is InChI=1S/C33H50N4O7S/c1-22(2)34-33(40)36(7)20-31-24(4)19-37(25(5)21-38)32(39)29-18-27(35-45(41,42)28-14-11-23(3)12-15-28)13-16-30(29)44-26(6)10-8-9-17-43-31/h11-16,18,22,24-26,31,35,38H,8-10,17,19-21H2,1-7H3,(H,34,40)/t24-,25+,26+,31-/m1/s1. The number of hydrogen-bond acceptors (Lipinski definition) is 7. The van der Waals surface area contributed by atoms with Crippen LogP contribution in [-0.4, -0.2) is 92.9 Å². The van der Waals surface area contributed by atoms with E-state index in [1.807, 2.05) is 34.6 Å². The van der Waals surface area contributed by atoms with Crippen LogP contribution in [0.1, 0.15) is 69.8 Å². The molecule has 3 rings (SSSR count). The minimum Gasteiger partial charge on any atom is -0.490 e. The lowest BCUT2D eigenvalue weighted by molar-refractivity contribution is -0.0122. The number of hydrogen-bond donors (Lipinski definition) is 3. The number of anilines is 1. The molecule has 1 heterocycles. The van der Waals surface area contributed by atoms with Crippen LogP contribution in [0.25, 0.3) is 0 Å². The van der Waals surface area contributed by atoms with Gasteiger partial charge in [0.1, 0.15) is 5.75 Å². The van der Waals surface area contributed by atoms with Crippen molar-refractivity contribution in [2.75, 3.05) is 38.1 Å². The molecule has 45 heavy (non-hydrogen) atoms. The Bertz CT molecular complexity index is 1380. The van der Waals surface area contributed by atoms with Crippen molar-refractivity contribution < 1.29 is 32.6 Å². The number of aliphatic hydroxyl groups is 1. The molecule has 0 spiro atoms. The number of likely N-dealkylation sites (N-methyl/N-ethyl adjacent to an activating group) is 1. The summed E-state index contributed by atoms with van der Waals surface area (Å²) in [4.78, 5) is 30.2. The van der Waals surface area contributed by atoms with E-state index in [0.29, 0.717) is 25.3 Å². The third-order valence-electron chi connectivity index (χ3n) is 7.85. The molecule has 250 valence electrons. The fraction of sp³-hybridized carbons (Fsp3) is 0.576. The van der Waals surface area contributed by atoms with Gasteiger partial charge < -0.3 is 29.7 Å². The Labute approximate surface area is 268 Å². The van der Waals surface area contributed by atoms with Crippen LogP contribution in [0.2, 0.25) is 0 Å². The summed E-state index contributed by atoms with van der Waals surface area (Å²) in [6.45, 7) is 12.0. The molecule has 0 fully saturated rings. The number of nitrogens with one attached hydrogen (secondary N) is 2. The summed E-state index contributed by atoms with van der Waals surface area (Å²) in [5.41, 5.74) is 1.33. The van der Waals surface area contributed by atoms with Crippen LogP contribution in [-0.2, 0) is 14.8 Å². The monoisotopic (exact) mass is 646 g/mol. The maximum absolute atomic E-state index is 14.3. The first-order valence-electron chi connectivity index (χ1n) is 15.7. The summed E-state index contributed by atoms with van der Waals surface area (Å²) in [6.07, 6.45) is 1.74. The molecule has 11 nitrogen and oxygen atoms in total. The maximum atomic E-state index is 14.3. The molecule has 0 unspecified atom stereocenters. The van der Waals surface area contributed by atoms with Crippen LogP contribution >= 0.6 is 0 Å². The minimum absolute atomic E-state index is 0.0173. The number of sulfonamides is 1. The molecule has 1 aliphatic heterocycles. The molecular weight excluding hydrogens is 596 g/mol. The summed E-state index contributed by atoms with van der Waals surface area (Å²) >= 11 is 0. The smallest absolute Gasteiger partial charge is 0.317 e. The van der Waals surface area contributed by atoms with Crippen LogP contribution in [0.5, 0.6) is 5.75 Å². The summed E-state index contributed by atoms with van der Waals surface area (Å²) in [5.74, 6) is -0.293. The van der Waals surface area contributed by atoms with Gasteiger partial charge in [-0.1, -0.05) is 24.6 Å². The Hall–Kier alpha value is -3.35. The summed E-state index contributed by atoms with van der Waals surface area (Å²) in [5, 5.41) is 13.1. The number of ether oxygens (including phenoxy) is 2. The number of amides is 3. The fourth-order valence-corrected chi connectivity index (χ4v) is 6.14. The van der Waals surface area contributed by atoms with Gasteiger partial charge in [0.2, 0.25) is 0 Å². The van der Waals surface area contributed by atoms with E-state index in [4.69, 9.17) is 9.47 Å². The molecule has 2 aromatic carbocycles. The number of aryl methyl sites for hydroxylation is 1. The molecule has 0 aliphatic carbocycles. The zero-order valence-electron chi connectivity index (χ0n) is 27.6. The van der Waals surface area contributed by atoms with Gasteiger partial charge in [-0.05, 0) is 84.2 Å². The van der Waals surface area contributed by atoms with E-state index >= 15 is 0 Å². The quantitative estimate of drug-likeness (QED) is 0.380. The highest BCUT2D eigenvalue weighted by Gasteiger charge is 2.31. The van der Waals surface area contributed by atoms with E-state index in [1.165, 1.54) is 18.2 Å². The molecule has 12 heteroatoms. The van der Waals surface area contributed by atoms with Crippen molar-refractivity contribution in [1.29, 1.82) is 0 Å². The highest BCUT2D eigenvalue weighted by molar-refractivity contribution is 7.92. The molecule has 3 amide bonds. The van der Waals surface area contributed by atoms with Crippen LogP contribution in [0.3, 0.4) is 0 Å². The molecule has 2 aromatic rings. The van der Waals surface area contributed by atoms with E-state index in [9.17, 15) is 23.1 Å². The Balaban J connectivity index is 1.98. The first-order valence-corrected chi connectivity index (χ1v) is 17.1. The third-order valence-corrected chi connectivity index (χ3v) is 9.24. The highest BCUT2D eigenvalue weighted by Crippen LogP contribution is 2.29. The minimum atomic E-state index is -3.92. The van der Waals surface area contributed by atoms with Gasteiger partial charge in [0.25, 0.3) is 15.9 Å². The van der Waals surface area contributed by atoms with Gasteiger partial charge >= 0.3 is 6.03 Å². The normalized spacial score (nSPS) is 20.9. The molecule has 1 aliphatic rings. The lowest BCUT2D eigenvalue weighted by atomic mass is 10.0. The molecular formula is C33H50N4O7S. The molecule has 4 atom stereocenters. The van der Waals surface area contributed by atoms with Gasteiger partial charge in [-0.2, -0.15) is 0 Å². The lowest BCUT2D eigenvalue weighted by Crippen LogP contribution is -2.49. The molecule has 0 saturated carbocycles. The van der Waals surface area contributed by atoms with Crippen molar-refractivity contribution in [3.8, 4) is 5.75 Å². The highest BCUT2D eigenvalue weighted by atomic mass is 32.2. The molecule has 0 saturated heterocycles. The largest absolute Gasteiger partial charge is 0.490 e. The van der Waals surface area contributed by atoms with E-state index in [1.54, 1.807) is 48.0 Å². The summed E-state index contributed by atoms with van der Waals surface area (Å²) in [6, 6.07) is 10.4. The van der Waals surface area contributed by atoms with Gasteiger partial charge in [-0.25, -0.2) is 13.2 Å². The van der Waals surface area contributed by atoms with Crippen LogP contribution in [0.15, 0.2) is 47.4 Å². The molecule has 0 bridgehead atoms. The zero-order chi connectivity index (χ0) is 33.3. The molecule has 3 N–H and O–H groups in total. The fourth-order valence-electron chi connectivity index (χ4n) is 5.09. The number of carbonyl (C=O) groups is 2. The van der Waals surface area contributed by atoms with Crippen LogP contribution in [0, 0.1) is 12.8 Å².